The highest BCUT2D eigenvalue weighted by Crippen LogP contribution is 2.52. The van der Waals surface area contributed by atoms with Crippen LogP contribution < -0.4 is 10.1 Å². The van der Waals surface area contributed by atoms with Crippen LogP contribution in [0.2, 0.25) is 10.0 Å². The van der Waals surface area contributed by atoms with Crippen molar-refractivity contribution in [2.24, 2.45) is 5.92 Å². The Labute approximate surface area is 193 Å². The fourth-order valence-corrected chi connectivity index (χ4v) is 5.50. The van der Waals surface area contributed by atoms with E-state index in [0.29, 0.717) is 18.4 Å². The number of fused-ring (bicyclic) bond motifs is 3. The standard InChI is InChI=1S/C27H25Cl2NO/c28-23-12-5-13-24(29)26(23)27-21-11-4-10-20(21)22-17-19(14-15-25(22)30-27)31-16-6-9-18-7-2-1-3-8-18/h1-5,7-8,10,12-15,17,20-21,27,30H,6,9,11,16H2. The van der Waals surface area contributed by atoms with Crippen molar-refractivity contribution in [3.05, 3.63) is 106 Å². The van der Waals surface area contributed by atoms with Gasteiger partial charge >= 0.3 is 0 Å². The Hall–Kier alpha value is -2.42. The van der Waals surface area contributed by atoms with Crippen LogP contribution in [0.4, 0.5) is 5.69 Å². The molecule has 0 fully saturated rings. The van der Waals surface area contributed by atoms with E-state index >= 15 is 0 Å². The molecule has 0 spiro atoms. The van der Waals surface area contributed by atoms with E-state index in [1.807, 2.05) is 18.2 Å². The molecule has 2 nitrogen and oxygen atoms in total. The quantitative estimate of drug-likeness (QED) is 0.305. The highest BCUT2D eigenvalue weighted by molar-refractivity contribution is 6.36. The molecule has 3 unspecified atom stereocenters. The van der Waals surface area contributed by atoms with Crippen LogP contribution in [0.3, 0.4) is 0 Å². The number of aryl methyl sites for hydroxylation is 1. The number of allylic oxidation sites excluding steroid dienone is 2. The lowest BCUT2D eigenvalue weighted by molar-refractivity contribution is 0.310. The lowest BCUT2D eigenvalue weighted by atomic mass is 9.77. The number of rotatable bonds is 6. The summed E-state index contributed by atoms with van der Waals surface area (Å²) in [6.07, 6.45) is 7.63. The summed E-state index contributed by atoms with van der Waals surface area (Å²) in [5.74, 6) is 1.65. The predicted molar refractivity (Wildman–Crippen MR) is 130 cm³/mol. The SMILES string of the molecule is Clc1cccc(Cl)c1C1Nc2ccc(OCCCc3ccccc3)cc2C2C=CCC21. The number of hydrogen-bond acceptors (Lipinski definition) is 2. The number of nitrogens with one attached hydrogen (secondary N) is 1. The van der Waals surface area contributed by atoms with Gasteiger partial charge in [0.2, 0.25) is 0 Å². The molecule has 0 bridgehead atoms. The van der Waals surface area contributed by atoms with E-state index in [4.69, 9.17) is 27.9 Å². The fraction of sp³-hybridized carbons (Fsp3) is 0.259. The first-order chi connectivity index (χ1) is 15.2. The Morgan fingerprint density at radius 3 is 2.55 bits per heavy atom. The molecule has 0 saturated heterocycles. The Morgan fingerprint density at radius 1 is 0.935 bits per heavy atom. The normalized spacial score (nSPS) is 21.3. The summed E-state index contributed by atoms with van der Waals surface area (Å²) in [4.78, 5) is 0. The van der Waals surface area contributed by atoms with Crippen molar-refractivity contribution >= 4 is 28.9 Å². The van der Waals surface area contributed by atoms with E-state index in [-0.39, 0.29) is 6.04 Å². The Kier molecular flexibility index (Phi) is 5.93. The zero-order valence-electron chi connectivity index (χ0n) is 17.2. The van der Waals surface area contributed by atoms with Crippen molar-refractivity contribution in [1.29, 1.82) is 0 Å². The Morgan fingerprint density at radius 2 is 1.74 bits per heavy atom. The molecule has 1 heterocycles. The third kappa shape index (κ3) is 4.20. The van der Waals surface area contributed by atoms with E-state index in [1.165, 1.54) is 11.1 Å². The maximum Gasteiger partial charge on any atom is 0.119 e. The summed E-state index contributed by atoms with van der Waals surface area (Å²) in [5, 5.41) is 5.16. The topological polar surface area (TPSA) is 21.3 Å². The van der Waals surface area contributed by atoms with Crippen LogP contribution in [0.5, 0.6) is 5.75 Å². The molecule has 1 N–H and O–H groups in total. The molecule has 0 saturated carbocycles. The summed E-state index contributed by atoms with van der Waals surface area (Å²) in [7, 11) is 0. The van der Waals surface area contributed by atoms with Crippen LogP contribution in [0.25, 0.3) is 0 Å². The minimum Gasteiger partial charge on any atom is -0.494 e. The van der Waals surface area contributed by atoms with Crippen molar-refractivity contribution in [3.63, 3.8) is 0 Å². The van der Waals surface area contributed by atoms with Gasteiger partial charge in [-0.25, -0.2) is 0 Å². The summed E-state index contributed by atoms with van der Waals surface area (Å²) in [6.45, 7) is 0.711. The minimum absolute atomic E-state index is 0.0892. The highest BCUT2D eigenvalue weighted by Gasteiger charge is 2.39. The van der Waals surface area contributed by atoms with Gasteiger partial charge < -0.3 is 10.1 Å². The first kappa shape index (κ1) is 20.5. The second-order valence-electron chi connectivity index (χ2n) is 8.30. The van der Waals surface area contributed by atoms with E-state index in [9.17, 15) is 0 Å². The van der Waals surface area contributed by atoms with Crippen LogP contribution in [0.15, 0.2) is 78.9 Å². The van der Waals surface area contributed by atoms with Crippen LogP contribution in [0.1, 0.15) is 41.5 Å². The van der Waals surface area contributed by atoms with E-state index in [0.717, 1.165) is 46.3 Å². The molecule has 0 amide bonds. The van der Waals surface area contributed by atoms with Crippen LogP contribution in [0, 0.1) is 5.92 Å². The molecule has 5 rings (SSSR count). The summed E-state index contributed by atoms with van der Waals surface area (Å²) >= 11 is 13.1. The summed E-state index contributed by atoms with van der Waals surface area (Å²) in [6, 6.07) is 22.8. The molecule has 1 aliphatic carbocycles. The number of hydrogen-bond donors (Lipinski definition) is 1. The van der Waals surface area contributed by atoms with Crippen LogP contribution in [-0.2, 0) is 6.42 Å². The maximum atomic E-state index is 6.56. The van der Waals surface area contributed by atoms with Crippen LogP contribution >= 0.6 is 23.2 Å². The van der Waals surface area contributed by atoms with Gasteiger partial charge in [-0.05, 0) is 66.6 Å². The Balaban J connectivity index is 1.32. The zero-order chi connectivity index (χ0) is 21.2. The average Bonchev–Trinajstić information content (AvgIpc) is 3.28. The number of halogens is 2. The molecule has 4 heteroatoms. The average molecular weight is 450 g/mol. The first-order valence-electron chi connectivity index (χ1n) is 10.9. The van der Waals surface area contributed by atoms with Crippen LogP contribution in [-0.4, -0.2) is 6.61 Å². The monoisotopic (exact) mass is 449 g/mol. The molecule has 31 heavy (non-hydrogen) atoms. The molecule has 3 aromatic carbocycles. The molecule has 1 aliphatic heterocycles. The van der Waals surface area contributed by atoms with Gasteiger partial charge in [0.25, 0.3) is 0 Å². The van der Waals surface area contributed by atoms with Crippen molar-refractivity contribution < 1.29 is 4.74 Å². The number of benzene rings is 3. The predicted octanol–water partition coefficient (Wildman–Crippen LogP) is 7.83. The van der Waals surface area contributed by atoms with E-state index in [2.05, 4.69) is 66.0 Å². The maximum absolute atomic E-state index is 6.56. The van der Waals surface area contributed by atoms with Gasteiger partial charge in [0.05, 0.1) is 12.6 Å². The summed E-state index contributed by atoms with van der Waals surface area (Å²) in [5.41, 5.74) is 4.77. The number of anilines is 1. The Bertz CT molecular complexity index is 1080. The summed E-state index contributed by atoms with van der Waals surface area (Å²) < 4.78 is 6.10. The van der Waals surface area contributed by atoms with Gasteiger partial charge in [-0.1, -0.05) is 71.8 Å². The molecular formula is C27H25Cl2NO. The highest BCUT2D eigenvalue weighted by atomic mass is 35.5. The van der Waals surface area contributed by atoms with Gasteiger partial charge in [0.15, 0.2) is 0 Å². The van der Waals surface area contributed by atoms with E-state index < -0.39 is 0 Å². The molecule has 0 radical (unpaired) electrons. The second kappa shape index (κ2) is 8.98. The third-order valence-electron chi connectivity index (χ3n) is 6.37. The third-order valence-corrected chi connectivity index (χ3v) is 7.03. The fourth-order valence-electron chi connectivity index (χ4n) is 4.87. The molecule has 2 aliphatic rings. The van der Waals surface area contributed by atoms with Gasteiger partial charge in [0, 0.05) is 27.2 Å². The molecule has 0 aromatic heterocycles. The first-order valence-corrected chi connectivity index (χ1v) is 11.6. The smallest absolute Gasteiger partial charge is 0.119 e. The van der Waals surface area contributed by atoms with E-state index in [1.54, 1.807) is 0 Å². The molecule has 3 atom stereocenters. The lowest BCUT2D eigenvalue weighted by Crippen LogP contribution is -2.29. The van der Waals surface area contributed by atoms with Gasteiger partial charge in [-0.15, -0.1) is 0 Å². The largest absolute Gasteiger partial charge is 0.494 e. The zero-order valence-corrected chi connectivity index (χ0v) is 18.7. The number of ether oxygens (including phenoxy) is 1. The molecular weight excluding hydrogens is 425 g/mol. The van der Waals surface area contributed by atoms with Gasteiger partial charge in [0.1, 0.15) is 5.75 Å². The molecule has 158 valence electrons. The minimum atomic E-state index is 0.0892. The van der Waals surface area contributed by atoms with Crippen molar-refractivity contribution in [3.8, 4) is 5.75 Å². The lowest BCUT2D eigenvalue weighted by Gasteiger charge is -2.38. The second-order valence-corrected chi connectivity index (χ2v) is 9.11. The van der Waals surface area contributed by atoms with Crippen molar-refractivity contribution in [2.75, 3.05) is 11.9 Å². The van der Waals surface area contributed by atoms with Crippen molar-refractivity contribution in [2.45, 2.75) is 31.2 Å². The van der Waals surface area contributed by atoms with Gasteiger partial charge in [-0.2, -0.15) is 0 Å². The molecule has 3 aromatic rings. The van der Waals surface area contributed by atoms with Crippen molar-refractivity contribution in [1.82, 2.24) is 0 Å². The van der Waals surface area contributed by atoms with Gasteiger partial charge in [-0.3, -0.25) is 0 Å².